The van der Waals surface area contributed by atoms with E-state index in [1.54, 1.807) is 11.8 Å². The van der Waals surface area contributed by atoms with E-state index in [9.17, 15) is 4.79 Å². The van der Waals surface area contributed by atoms with Crippen molar-refractivity contribution in [3.8, 4) is 0 Å². The summed E-state index contributed by atoms with van der Waals surface area (Å²) in [7, 11) is 0. The summed E-state index contributed by atoms with van der Waals surface area (Å²) in [4.78, 5) is 13.3. The summed E-state index contributed by atoms with van der Waals surface area (Å²) in [5.74, 6) is 0.0361. The van der Waals surface area contributed by atoms with Crippen molar-refractivity contribution in [1.82, 2.24) is 4.90 Å². The number of nitrogens with zero attached hydrogens (tertiary/aromatic N) is 1. The molecule has 1 aliphatic heterocycles. The number of carbonyl (C=O) groups is 1. The molecule has 0 aliphatic carbocycles. The van der Waals surface area contributed by atoms with E-state index in [-0.39, 0.29) is 0 Å². The Morgan fingerprint density at radius 1 is 1.41 bits per heavy atom. The highest BCUT2D eigenvalue weighted by Crippen LogP contribution is 2.27. The minimum absolute atomic E-state index is 0.401. The van der Waals surface area contributed by atoms with Crippen LogP contribution in [-0.2, 0) is 4.79 Å². The van der Waals surface area contributed by atoms with Crippen LogP contribution in [0.5, 0.6) is 0 Å². The molecule has 1 atom stereocenters. The normalized spacial score (nSPS) is 20.2. The van der Waals surface area contributed by atoms with Gasteiger partial charge in [0, 0.05) is 17.0 Å². The van der Waals surface area contributed by atoms with Gasteiger partial charge in [-0.2, -0.15) is 11.8 Å². The molecule has 0 bridgehead atoms. The van der Waals surface area contributed by atoms with Gasteiger partial charge < -0.3 is 15.7 Å². The standard InChI is InChI=1S/C12H24N2O2S/c1-12(2,10(13)11(15)16)17-9-8-14-6-4-3-5-7-14/h10H,3-9,13H2,1-2H3,(H,15,16)/t10-/m1/s1. The van der Waals surface area contributed by atoms with Gasteiger partial charge >= 0.3 is 5.97 Å². The molecule has 3 N–H and O–H groups in total. The lowest BCUT2D eigenvalue weighted by atomic mass is 10.1. The number of aliphatic carboxylic acids is 1. The van der Waals surface area contributed by atoms with Gasteiger partial charge in [-0.25, -0.2) is 0 Å². The van der Waals surface area contributed by atoms with Crippen LogP contribution in [0.25, 0.3) is 0 Å². The quantitative estimate of drug-likeness (QED) is 0.755. The van der Waals surface area contributed by atoms with Gasteiger partial charge in [0.15, 0.2) is 0 Å². The monoisotopic (exact) mass is 260 g/mol. The fourth-order valence-corrected chi connectivity index (χ4v) is 3.16. The number of piperidine rings is 1. The molecule has 0 aromatic heterocycles. The zero-order chi connectivity index (χ0) is 12.9. The van der Waals surface area contributed by atoms with Crippen molar-refractivity contribution in [2.24, 2.45) is 5.73 Å². The number of carboxylic acids is 1. The number of likely N-dealkylation sites (tertiary alicyclic amines) is 1. The number of carboxylic acid groups (broad SMARTS) is 1. The molecule has 100 valence electrons. The van der Waals surface area contributed by atoms with Gasteiger partial charge in [-0.05, 0) is 39.8 Å². The van der Waals surface area contributed by atoms with Crippen molar-refractivity contribution < 1.29 is 9.90 Å². The van der Waals surface area contributed by atoms with Crippen molar-refractivity contribution in [2.75, 3.05) is 25.4 Å². The van der Waals surface area contributed by atoms with Gasteiger partial charge in [0.1, 0.15) is 6.04 Å². The predicted octanol–water partition coefficient (Wildman–Crippen LogP) is 1.40. The van der Waals surface area contributed by atoms with Gasteiger partial charge in [0.2, 0.25) is 0 Å². The van der Waals surface area contributed by atoms with Crippen molar-refractivity contribution in [1.29, 1.82) is 0 Å². The van der Waals surface area contributed by atoms with E-state index >= 15 is 0 Å². The summed E-state index contributed by atoms with van der Waals surface area (Å²) in [6.07, 6.45) is 3.93. The number of hydrogen-bond donors (Lipinski definition) is 2. The zero-order valence-corrected chi connectivity index (χ0v) is 11.6. The molecule has 0 spiro atoms. The maximum absolute atomic E-state index is 10.9. The molecule has 0 aromatic rings. The van der Waals surface area contributed by atoms with Crippen LogP contribution >= 0.6 is 11.8 Å². The molecule has 4 nitrogen and oxygen atoms in total. The summed E-state index contributed by atoms with van der Waals surface area (Å²) in [5, 5.41) is 8.92. The first-order chi connectivity index (χ1) is 7.93. The highest BCUT2D eigenvalue weighted by Gasteiger charge is 2.32. The molecule has 0 amide bonds. The van der Waals surface area contributed by atoms with Crippen molar-refractivity contribution >= 4 is 17.7 Å². The second-order valence-corrected chi connectivity index (χ2v) is 6.92. The van der Waals surface area contributed by atoms with Crippen LogP contribution in [0.1, 0.15) is 33.1 Å². The van der Waals surface area contributed by atoms with E-state index in [2.05, 4.69) is 4.90 Å². The number of rotatable bonds is 6. The molecule has 1 aliphatic rings. The Bertz CT molecular complexity index is 253. The van der Waals surface area contributed by atoms with Crippen LogP contribution in [-0.4, -0.2) is 52.2 Å². The largest absolute Gasteiger partial charge is 0.480 e. The Balaban J connectivity index is 2.26. The van der Waals surface area contributed by atoms with E-state index in [0.29, 0.717) is 0 Å². The molecule has 5 heteroatoms. The third-order valence-electron chi connectivity index (χ3n) is 3.35. The van der Waals surface area contributed by atoms with Crippen LogP contribution < -0.4 is 5.73 Å². The number of hydrogen-bond acceptors (Lipinski definition) is 4. The van der Waals surface area contributed by atoms with E-state index in [1.165, 1.54) is 32.4 Å². The first-order valence-electron chi connectivity index (χ1n) is 6.28. The molecule has 0 saturated carbocycles. The summed E-state index contributed by atoms with van der Waals surface area (Å²) in [6.45, 7) is 7.23. The average Bonchev–Trinajstić information content (AvgIpc) is 2.29. The smallest absolute Gasteiger partial charge is 0.321 e. The number of nitrogens with two attached hydrogens (primary N) is 1. The molecule has 0 unspecified atom stereocenters. The Labute approximate surface area is 108 Å². The van der Waals surface area contributed by atoms with Crippen LogP contribution in [0, 0.1) is 0 Å². The van der Waals surface area contributed by atoms with Crippen LogP contribution in [0.15, 0.2) is 0 Å². The summed E-state index contributed by atoms with van der Waals surface area (Å²) in [5.41, 5.74) is 5.68. The number of thioether (sulfide) groups is 1. The molecule has 0 aromatic carbocycles. The zero-order valence-electron chi connectivity index (χ0n) is 10.8. The first kappa shape index (κ1) is 14.8. The molecule has 1 rings (SSSR count). The summed E-state index contributed by atoms with van der Waals surface area (Å²) < 4.78 is -0.401. The Morgan fingerprint density at radius 3 is 2.53 bits per heavy atom. The fraction of sp³-hybridized carbons (Fsp3) is 0.917. The van der Waals surface area contributed by atoms with Crippen molar-refractivity contribution in [2.45, 2.75) is 43.9 Å². The first-order valence-corrected chi connectivity index (χ1v) is 7.27. The lowest BCUT2D eigenvalue weighted by molar-refractivity contribution is -0.139. The highest BCUT2D eigenvalue weighted by molar-refractivity contribution is 8.00. The van der Waals surface area contributed by atoms with Crippen LogP contribution in [0.3, 0.4) is 0 Å². The van der Waals surface area contributed by atoms with E-state index < -0.39 is 16.8 Å². The summed E-state index contributed by atoms with van der Waals surface area (Å²) in [6, 6.07) is -0.797. The van der Waals surface area contributed by atoms with E-state index in [0.717, 1.165) is 12.3 Å². The third kappa shape index (κ3) is 4.85. The molecular weight excluding hydrogens is 236 g/mol. The van der Waals surface area contributed by atoms with Crippen LogP contribution in [0.2, 0.25) is 0 Å². The van der Waals surface area contributed by atoms with Crippen LogP contribution in [0.4, 0.5) is 0 Å². The molecule has 1 fully saturated rings. The SMILES string of the molecule is CC(C)(SCCN1CCCCC1)[C@H](N)C(=O)O. The average molecular weight is 260 g/mol. The van der Waals surface area contributed by atoms with Gasteiger partial charge in [0.05, 0.1) is 0 Å². The van der Waals surface area contributed by atoms with E-state index in [4.69, 9.17) is 10.8 Å². The van der Waals surface area contributed by atoms with Gasteiger partial charge in [-0.15, -0.1) is 0 Å². The maximum atomic E-state index is 10.9. The second-order valence-electron chi connectivity index (χ2n) is 5.17. The van der Waals surface area contributed by atoms with Gasteiger partial charge in [-0.3, -0.25) is 4.79 Å². The van der Waals surface area contributed by atoms with Crippen molar-refractivity contribution in [3.63, 3.8) is 0 Å². The lowest BCUT2D eigenvalue weighted by Gasteiger charge is -2.31. The molecule has 1 saturated heterocycles. The topological polar surface area (TPSA) is 66.6 Å². The van der Waals surface area contributed by atoms with E-state index in [1.807, 2.05) is 13.8 Å². The highest BCUT2D eigenvalue weighted by atomic mass is 32.2. The van der Waals surface area contributed by atoms with Crippen molar-refractivity contribution in [3.05, 3.63) is 0 Å². The fourth-order valence-electron chi connectivity index (χ4n) is 2.01. The Kier molecular flexibility index (Phi) is 5.76. The molecule has 0 radical (unpaired) electrons. The minimum Gasteiger partial charge on any atom is -0.480 e. The predicted molar refractivity (Wildman–Crippen MR) is 72.4 cm³/mol. The minimum atomic E-state index is -0.916. The molecule has 17 heavy (non-hydrogen) atoms. The van der Waals surface area contributed by atoms with Gasteiger partial charge in [0.25, 0.3) is 0 Å². The lowest BCUT2D eigenvalue weighted by Crippen LogP contribution is -2.47. The van der Waals surface area contributed by atoms with Gasteiger partial charge in [-0.1, -0.05) is 6.42 Å². The molecule has 1 heterocycles. The summed E-state index contributed by atoms with van der Waals surface area (Å²) >= 11 is 1.66. The Hall–Kier alpha value is -0.260. The maximum Gasteiger partial charge on any atom is 0.321 e. The second kappa shape index (κ2) is 6.61. The third-order valence-corrected chi connectivity index (χ3v) is 4.73. The molecular formula is C12H24N2O2S. The Morgan fingerprint density at radius 2 is 2.00 bits per heavy atom.